The third-order valence-corrected chi connectivity index (χ3v) is 3.53. The lowest BCUT2D eigenvalue weighted by atomic mass is 10.1. The number of hydrogen-bond donors (Lipinski definition) is 0. The minimum atomic E-state index is -3.05. The largest absolute Gasteiger partial charge is 0.266 e. The first-order valence-corrected chi connectivity index (χ1v) is 5.22. The van der Waals surface area contributed by atoms with Crippen molar-refractivity contribution in [3.63, 3.8) is 0 Å². The summed E-state index contributed by atoms with van der Waals surface area (Å²) in [6, 6.07) is 0. The van der Waals surface area contributed by atoms with E-state index in [0.717, 1.165) is 0 Å². The molecule has 1 aromatic rings. The lowest BCUT2D eigenvalue weighted by molar-refractivity contribution is 0.147. The van der Waals surface area contributed by atoms with Gasteiger partial charge in [-0.3, -0.25) is 0 Å². The second kappa shape index (κ2) is 5.17. The Kier molecular flexibility index (Phi) is 4.57. The van der Waals surface area contributed by atoms with Crippen molar-refractivity contribution >= 4 is 46.4 Å². The number of halogens is 8. The zero-order chi connectivity index (χ0) is 12.6. The van der Waals surface area contributed by atoms with E-state index in [4.69, 9.17) is 46.4 Å². The molecule has 0 spiro atoms. The van der Waals surface area contributed by atoms with E-state index in [1.165, 1.54) is 0 Å². The van der Waals surface area contributed by atoms with Gasteiger partial charge in [-0.25, -0.2) is 17.6 Å². The van der Waals surface area contributed by atoms with Crippen LogP contribution in [0.5, 0.6) is 0 Å². The maximum atomic E-state index is 12.5. The van der Waals surface area contributed by atoms with E-state index < -0.39 is 44.1 Å². The van der Waals surface area contributed by atoms with Gasteiger partial charge in [-0.2, -0.15) is 0 Å². The van der Waals surface area contributed by atoms with Crippen molar-refractivity contribution < 1.29 is 17.6 Å². The minimum absolute atomic E-state index is 0.707. The molecule has 0 saturated heterocycles. The van der Waals surface area contributed by atoms with Crippen molar-refractivity contribution in [2.24, 2.45) is 0 Å². The summed E-state index contributed by atoms with van der Waals surface area (Å²) >= 11 is 21.7. The van der Waals surface area contributed by atoms with Crippen LogP contribution in [0.3, 0.4) is 0 Å². The first kappa shape index (κ1) is 14.2. The molecule has 0 radical (unpaired) electrons. The molecule has 0 aliphatic heterocycles. The van der Waals surface area contributed by atoms with Crippen LogP contribution in [0.4, 0.5) is 17.6 Å². The van der Waals surface area contributed by atoms with Crippen LogP contribution < -0.4 is 0 Å². The van der Waals surface area contributed by atoms with Crippen molar-refractivity contribution in [2.45, 2.75) is 12.9 Å². The molecule has 0 unspecified atom stereocenters. The standard InChI is InChI=1S/C8H2Cl4F4/c9-3-1(7(13)14)4(10)6(12)2(5(3)11)8(15)16/h7-8H. The Hall–Kier alpha value is 0.1000. The summed E-state index contributed by atoms with van der Waals surface area (Å²) in [5, 5.41) is -2.83. The molecular formula is C8H2Cl4F4. The molecule has 8 heteroatoms. The maximum Gasteiger partial charge on any atom is 0.266 e. The van der Waals surface area contributed by atoms with E-state index in [9.17, 15) is 17.6 Å². The Labute approximate surface area is 108 Å². The molecule has 0 fully saturated rings. The Bertz CT molecular complexity index is 351. The van der Waals surface area contributed by atoms with Crippen molar-refractivity contribution in [1.82, 2.24) is 0 Å². The van der Waals surface area contributed by atoms with Gasteiger partial charge in [0, 0.05) is 0 Å². The maximum absolute atomic E-state index is 12.5. The zero-order valence-electron chi connectivity index (χ0n) is 7.18. The lowest BCUT2D eigenvalue weighted by Gasteiger charge is -2.14. The number of rotatable bonds is 2. The molecule has 90 valence electrons. The molecule has 0 N–H and O–H groups in total. The van der Waals surface area contributed by atoms with E-state index in [1.54, 1.807) is 0 Å². The Morgan fingerprint density at radius 1 is 0.562 bits per heavy atom. The third-order valence-electron chi connectivity index (χ3n) is 1.77. The molecule has 0 aromatic heterocycles. The van der Waals surface area contributed by atoms with Crippen molar-refractivity contribution in [3.8, 4) is 0 Å². The van der Waals surface area contributed by atoms with Gasteiger partial charge in [-0.05, 0) is 0 Å². The van der Waals surface area contributed by atoms with Crippen LogP contribution in [0.2, 0.25) is 20.1 Å². The SMILES string of the molecule is FC(F)c1c(Cl)c(Cl)c(C(F)F)c(Cl)c1Cl. The van der Waals surface area contributed by atoms with E-state index in [2.05, 4.69) is 0 Å². The molecule has 0 saturated carbocycles. The highest BCUT2D eigenvalue weighted by Gasteiger charge is 2.28. The molecule has 0 nitrogen and oxygen atoms in total. The molecule has 0 bridgehead atoms. The van der Waals surface area contributed by atoms with Crippen LogP contribution in [0, 0.1) is 0 Å². The van der Waals surface area contributed by atoms with Gasteiger partial charge in [0.2, 0.25) is 0 Å². The smallest absolute Gasteiger partial charge is 0.205 e. The summed E-state index contributed by atoms with van der Waals surface area (Å²) in [4.78, 5) is 0. The number of alkyl halides is 4. The summed E-state index contributed by atoms with van der Waals surface area (Å²) in [5.74, 6) is 0. The van der Waals surface area contributed by atoms with E-state index in [0.29, 0.717) is 0 Å². The summed E-state index contributed by atoms with van der Waals surface area (Å²) in [6.45, 7) is 0. The zero-order valence-corrected chi connectivity index (χ0v) is 10.2. The molecule has 0 heterocycles. The van der Waals surface area contributed by atoms with Gasteiger partial charge in [0.05, 0.1) is 31.2 Å². The van der Waals surface area contributed by atoms with Crippen molar-refractivity contribution in [3.05, 3.63) is 31.2 Å². The molecule has 1 aromatic carbocycles. The fourth-order valence-electron chi connectivity index (χ4n) is 1.05. The molecule has 1 rings (SSSR count). The average Bonchev–Trinajstić information content (AvgIpc) is 2.14. The van der Waals surface area contributed by atoms with Crippen LogP contribution in [0.25, 0.3) is 0 Å². The normalized spacial score (nSPS) is 11.6. The van der Waals surface area contributed by atoms with Crippen LogP contribution in [0.1, 0.15) is 24.0 Å². The summed E-state index contributed by atoms with van der Waals surface area (Å²) in [7, 11) is 0. The van der Waals surface area contributed by atoms with Crippen molar-refractivity contribution in [1.29, 1.82) is 0 Å². The van der Waals surface area contributed by atoms with Crippen LogP contribution in [-0.2, 0) is 0 Å². The molecule has 0 aliphatic carbocycles. The second-order valence-electron chi connectivity index (χ2n) is 2.68. The van der Waals surface area contributed by atoms with Crippen LogP contribution in [-0.4, -0.2) is 0 Å². The quantitative estimate of drug-likeness (QED) is 0.452. The van der Waals surface area contributed by atoms with E-state index in [1.807, 2.05) is 0 Å². The Morgan fingerprint density at radius 2 is 0.750 bits per heavy atom. The van der Waals surface area contributed by atoms with Gasteiger partial charge in [-0.15, -0.1) is 0 Å². The summed E-state index contributed by atoms with van der Waals surface area (Å²) in [5.41, 5.74) is -1.69. The summed E-state index contributed by atoms with van der Waals surface area (Å²) < 4.78 is 50.0. The highest BCUT2D eigenvalue weighted by atomic mass is 35.5. The molecule has 0 atom stereocenters. The molecule has 0 amide bonds. The topological polar surface area (TPSA) is 0 Å². The molecule has 16 heavy (non-hydrogen) atoms. The number of benzene rings is 1. The molecule has 0 aliphatic rings. The first-order valence-electron chi connectivity index (χ1n) is 3.71. The van der Waals surface area contributed by atoms with Crippen molar-refractivity contribution in [2.75, 3.05) is 0 Å². The summed E-state index contributed by atoms with van der Waals surface area (Å²) in [6.07, 6.45) is -6.11. The lowest BCUT2D eigenvalue weighted by Crippen LogP contribution is -1.97. The highest BCUT2D eigenvalue weighted by Crippen LogP contribution is 2.47. The predicted octanol–water partition coefficient (Wildman–Crippen LogP) is 6.18. The Balaban J connectivity index is 3.63. The van der Waals surface area contributed by atoms with Gasteiger partial charge in [-0.1, -0.05) is 46.4 Å². The van der Waals surface area contributed by atoms with E-state index in [-0.39, 0.29) is 0 Å². The average molecular weight is 316 g/mol. The van der Waals surface area contributed by atoms with E-state index >= 15 is 0 Å². The highest BCUT2D eigenvalue weighted by molar-refractivity contribution is 6.49. The van der Waals surface area contributed by atoms with Gasteiger partial charge < -0.3 is 0 Å². The fraction of sp³-hybridized carbons (Fsp3) is 0.250. The minimum Gasteiger partial charge on any atom is -0.205 e. The Morgan fingerprint density at radius 3 is 0.875 bits per heavy atom. The fourth-order valence-corrected chi connectivity index (χ4v) is 2.26. The third kappa shape index (κ3) is 2.35. The monoisotopic (exact) mass is 314 g/mol. The van der Waals surface area contributed by atoms with Crippen LogP contribution in [0.15, 0.2) is 0 Å². The van der Waals surface area contributed by atoms with Gasteiger partial charge in [0.25, 0.3) is 12.9 Å². The second-order valence-corrected chi connectivity index (χ2v) is 4.20. The number of hydrogen-bond acceptors (Lipinski definition) is 0. The first-order chi connectivity index (χ1) is 7.29. The van der Waals surface area contributed by atoms with Gasteiger partial charge >= 0.3 is 0 Å². The van der Waals surface area contributed by atoms with Gasteiger partial charge in [0.15, 0.2) is 0 Å². The van der Waals surface area contributed by atoms with Crippen LogP contribution >= 0.6 is 46.4 Å². The van der Waals surface area contributed by atoms with Gasteiger partial charge in [0.1, 0.15) is 0 Å². The predicted molar refractivity (Wildman–Crippen MR) is 56.4 cm³/mol. The molecular weight excluding hydrogens is 314 g/mol.